The van der Waals surface area contributed by atoms with Crippen LogP contribution in [0.2, 0.25) is 0 Å². The highest BCUT2D eigenvalue weighted by atomic mass is 16.5. The van der Waals surface area contributed by atoms with E-state index < -0.39 is 0 Å². The van der Waals surface area contributed by atoms with Crippen LogP contribution in [0.15, 0.2) is 24.3 Å². The Bertz CT molecular complexity index is 372. The van der Waals surface area contributed by atoms with Gasteiger partial charge in [-0.1, -0.05) is 0 Å². The standard InChI is InChI=1S/C14H20N2O/c1-17-14-6-4-12(5-7-14)16-10-11-2-3-13(16)8-9-15-11/h4-7,11,13,15H,2-3,8-10H2,1H3/t11-,13-/m1/s1. The number of benzene rings is 1. The predicted octanol–water partition coefficient (Wildman–Crippen LogP) is 2.03. The second-order valence-corrected chi connectivity index (χ2v) is 5.02. The first-order valence-corrected chi connectivity index (χ1v) is 6.51. The maximum Gasteiger partial charge on any atom is 0.119 e. The molecule has 0 amide bonds. The Morgan fingerprint density at radius 1 is 1.18 bits per heavy atom. The summed E-state index contributed by atoms with van der Waals surface area (Å²) in [5.41, 5.74) is 1.34. The number of ether oxygens (including phenoxy) is 1. The summed E-state index contributed by atoms with van der Waals surface area (Å²) >= 11 is 0. The molecule has 0 aromatic heterocycles. The molecular weight excluding hydrogens is 212 g/mol. The Balaban J connectivity index is 1.82. The Morgan fingerprint density at radius 3 is 2.76 bits per heavy atom. The average molecular weight is 232 g/mol. The maximum absolute atomic E-state index is 5.21. The summed E-state index contributed by atoms with van der Waals surface area (Å²) in [6, 6.07) is 9.87. The molecule has 4 rings (SSSR count). The lowest BCUT2D eigenvalue weighted by atomic mass is 9.98. The SMILES string of the molecule is COc1ccc(N2C[C@H]3CC[C@@H]2CCN3)cc1. The number of piperidine rings is 1. The molecule has 2 bridgehead atoms. The van der Waals surface area contributed by atoms with E-state index in [2.05, 4.69) is 34.5 Å². The van der Waals surface area contributed by atoms with E-state index in [1.807, 2.05) is 0 Å². The minimum atomic E-state index is 0.677. The minimum Gasteiger partial charge on any atom is -0.497 e. The van der Waals surface area contributed by atoms with Gasteiger partial charge in [-0.3, -0.25) is 0 Å². The van der Waals surface area contributed by atoms with E-state index >= 15 is 0 Å². The Hall–Kier alpha value is -1.22. The van der Waals surface area contributed by atoms with Crippen molar-refractivity contribution in [3.63, 3.8) is 0 Å². The highest BCUT2D eigenvalue weighted by Gasteiger charge is 2.30. The van der Waals surface area contributed by atoms with Crippen LogP contribution >= 0.6 is 0 Å². The van der Waals surface area contributed by atoms with Crippen molar-refractivity contribution in [2.45, 2.75) is 31.3 Å². The summed E-state index contributed by atoms with van der Waals surface area (Å²) in [7, 11) is 1.72. The molecule has 0 unspecified atom stereocenters. The van der Waals surface area contributed by atoms with Crippen molar-refractivity contribution < 1.29 is 4.74 Å². The minimum absolute atomic E-state index is 0.677. The van der Waals surface area contributed by atoms with Crippen LogP contribution in [0.1, 0.15) is 19.3 Å². The van der Waals surface area contributed by atoms with Gasteiger partial charge in [0.15, 0.2) is 0 Å². The van der Waals surface area contributed by atoms with Crippen LogP contribution in [0.4, 0.5) is 5.69 Å². The van der Waals surface area contributed by atoms with E-state index in [0.29, 0.717) is 6.04 Å². The molecule has 1 N–H and O–H groups in total. The van der Waals surface area contributed by atoms with Gasteiger partial charge < -0.3 is 15.0 Å². The van der Waals surface area contributed by atoms with E-state index in [1.165, 1.54) is 31.5 Å². The molecule has 1 aromatic carbocycles. The molecule has 3 heteroatoms. The van der Waals surface area contributed by atoms with E-state index in [0.717, 1.165) is 18.3 Å². The van der Waals surface area contributed by atoms with Crippen molar-refractivity contribution in [1.29, 1.82) is 0 Å². The second-order valence-electron chi connectivity index (χ2n) is 5.02. The molecule has 3 nitrogen and oxygen atoms in total. The van der Waals surface area contributed by atoms with Crippen LogP contribution in [0.5, 0.6) is 5.75 Å². The van der Waals surface area contributed by atoms with E-state index in [1.54, 1.807) is 7.11 Å². The topological polar surface area (TPSA) is 24.5 Å². The van der Waals surface area contributed by atoms with Crippen LogP contribution in [-0.4, -0.2) is 32.3 Å². The third kappa shape index (κ3) is 2.12. The van der Waals surface area contributed by atoms with Crippen LogP contribution in [0.3, 0.4) is 0 Å². The van der Waals surface area contributed by atoms with Gasteiger partial charge in [0.2, 0.25) is 0 Å². The Morgan fingerprint density at radius 2 is 2.00 bits per heavy atom. The van der Waals surface area contributed by atoms with Crippen molar-refractivity contribution in [1.82, 2.24) is 5.32 Å². The van der Waals surface area contributed by atoms with Gasteiger partial charge in [0.1, 0.15) is 5.75 Å². The molecule has 3 aliphatic heterocycles. The average Bonchev–Trinajstić information content (AvgIpc) is 2.74. The summed E-state index contributed by atoms with van der Waals surface area (Å²) in [4.78, 5) is 2.56. The van der Waals surface area contributed by atoms with E-state index in [9.17, 15) is 0 Å². The third-order valence-electron chi connectivity index (χ3n) is 4.02. The molecule has 1 aromatic rings. The molecule has 3 saturated heterocycles. The Kier molecular flexibility index (Phi) is 2.93. The quantitative estimate of drug-likeness (QED) is 0.844. The number of hydrogen-bond donors (Lipinski definition) is 1. The van der Waals surface area contributed by atoms with Gasteiger partial charge in [0.05, 0.1) is 7.11 Å². The van der Waals surface area contributed by atoms with E-state index in [-0.39, 0.29) is 0 Å². The summed E-state index contributed by atoms with van der Waals surface area (Å²) < 4.78 is 5.21. The largest absolute Gasteiger partial charge is 0.497 e. The smallest absolute Gasteiger partial charge is 0.119 e. The highest BCUT2D eigenvalue weighted by molar-refractivity contribution is 5.50. The lowest BCUT2D eigenvalue weighted by Gasteiger charge is -2.38. The number of anilines is 1. The van der Waals surface area contributed by atoms with Gasteiger partial charge in [-0.25, -0.2) is 0 Å². The fraction of sp³-hybridized carbons (Fsp3) is 0.571. The number of rotatable bonds is 2. The summed E-state index contributed by atoms with van der Waals surface area (Å²) in [5.74, 6) is 0.937. The lowest BCUT2D eigenvalue weighted by molar-refractivity contribution is 0.413. The van der Waals surface area contributed by atoms with E-state index in [4.69, 9.17) is 4.74 Å². The molecular formula is C14H20N2O. The number of fused-ring (bicyclic) bond motifs is 4. The number of hydrogen-bond acceptors (Lipinski definition) is 3. The molecule has 3 fully saturated rings. The third-order valence-corrected chi connectivity index (χ3v) is 4.02. The normalized spacial score (nSPS) is 27.9. The number of methoxy groups -OCH3 is 1. The summed E-state index contributed by atoms with van der Waals surface area (Å²) in [6.45, 7) is 2.32. The van der Waals surface area contributed by atoms with Gasteiger partial charge in [-0.15, -0.1) is 0 Å². The first kappa shape index (κ1) is 10.9. The molecule has 0 radical (unpaired) electrons. The van der Waals surface area contributed by atoms with Crippen molar-refractivity contribution >= 4 is 5.69 Å². The summed E-state index contributed by atoms with van der Waals surface area (Å²) in [6.07, 6.45) is 3.92. The fourth-order valence-electron chi connectivity index (χ4n) is 3.04. The molecule has 0 saturated carbocycles. The number of nitrogens with zero attached hydrogens (tertiary/aromatic N) is 1. The van der Waals surface area contributed by atoms with Gasteiger partial charge in [-0.05, 0) is 50.1 Å². The van der Waals surface area contributed by atoms with Crippen molar-refractivity contribution in [2.75, 3.05) is 25.1 Å². The summed E-state index contributed by atoms with van der Waals surface area (Å²) in [5, 5.41) is 3.63. The molecule has 0 aliphatic carbocycles. The van der Waals surface area contributed by atoms with Gasteiger partial charge >= 0.3 is 0 Å². The fourth-order valence-corrected chi connectivity index (χ4v) is 3.04. The zero-order chi connectivity index (χ0) is 11.7. The first-order valence-electron chi connectivity index (χ1n) is 6.51. The van der Waals surface area contributed by atoms with Crippen LogP contribution in [-0.2, 0) is 0 Å². The molecule has 2 atom stereocenters. The van der Waals surface area contributed by atoms with Crippen molar-refractivity contribution in [3.05, 3.63) is 24.3 Å². The van der Waals surface area contributed by atoms with Crippen LogP contribution < -0.4 is 15.0 Å². The maximum atomic E-state index is 5.21. The van der Waals surface area contributed by atoms with Gasteiger partial charge in [0, 0.05) is 24.3 Å². The van der Waals surface area contributed by atoms with Gasteiger partial charge in [0.25, 0.3) is 0 Å². The zero-order valence-corrected chi connectivity index (χ0v) is 10.4. The first-order chi connectivity index (χ1) is 8.36. The molecule has 3 heterocycles. The monoisotopic (exact) mass is 232 g/mol. The molecule has 3 aliphatic rings. The van der Waals surface area contributed by atoms with Crippen molar-refractivity contribution in [2.24, 2.45) is 0 Å². The lowest BCUT2D eigenvalue weighted by Crippen LogP contribution is -2.46. The highest BCUT2D eigenvalue weighted by Crippen LogP contribution is 2.29. The second kappa shape index (κ2) is 4.57. The molecule has 0 spiro atoms. The van der Waals surface area contributed by atoms with Gasteiger partial charge in [-0.2, -0.15) is 0 Å². The zero-order valence-electron chi connectivity index (χ0n) is 10.4. The van der Waals surface area contributed by atoms with Crippen LogP contribution in [0.25, 0.3) is 0 Å². The molecule has 17 heavy (non-hydrogen) atoms. The van der Waals surface area contributed by atoms with Crippen LogP contribution in [0, 0.1) is 0 Å². The number of nitrogens with one attached hydrogen (secondary N) is 1. The van der Waals surface area contributed by atoms with Crippen molar-refractivity contribution in [3.8, 4) is 5.75 Å². The Labute approximate surface area is 103 Å². The molecule has 92 valence electrons. The predicted molar refractivity (Wildman–Crippen MR) is 69.8 cm³/mol.